The lowest BCUT2D eigenvalue weighted by molar-refractivity contribution is 0.254. The molecule has 0 amide bonds. The fraction of sp³-hybridized carbons (Fsp3) is 0.312. The second-order valence-corrected chi connectivity index (χ2v) is 4.77. The molecule has 4 nitrogen and oxygen atoms in total. The number of nitrogens with zero attached hydrogens (tertiary/aromatic N) is 2. The first-order valence-corrected chi connectivity index (χ1v) is 6.57. The first-order valence-electron chi connectivity index (χ1n) is 6.57. The molecule has 0 bridgehead atoms. The molecule has 0 saturated heterocycles. The lowest BCUT2D eigenvalue weighted by Gasteiger charge is -2.10. The molecule has 1 aromatic heterocycles. The number of ether oxygens (including phenoxy) is 2. The van der Waals surface area contributed by atoms with Gasteiger partial charge in [0, 0.05) is 24.4 Å². The number of hydrogen-bond donors (Lipinski definition) is 0. The topological polar surface area (TPSA) is 34.6 Å². The smallest absolute Gasteiger partial charge is 0.213 e. The van der Waals surface area contributed by atoms with Crippen molar-refractivity contribution in [1.82, 2.24) is 9.88 Å². The molecule has 0 radical (unpaired) electrons. The van der Waals surface area contributed by atoms with Gasteiger partial charge < -0.3 is 14.4 Å². The number of likely N-dealkylation sites (N-methyl/N-ethyl adjacent to an activating group) is 1. The van der Waals surface area contributed by atoms with Gasteiger partial charge in [-0.15, -0.1) is 0 Å². The average Bonchev–Trinajstić information content (AvgIpc) is 2.48. The Morgan fingerprint density at radius 2 is 1.95 bits per heavy atom. The van der Waals surface area contributed by atoms with Crippen LogP contribution in [-0.2, 0) is 0 Å². The first-order chi connectivity index (χ1) is 9.69. The molecule has 0 saturated carbocycles. The molecule has 1 heterocycles. The van der Waals surface area contributed by atoms with E-state index in [-0.39, 0.29) is 0 Å². The Balaban J connectivity index is 2.03. The first kappa shape index (κ1) is 14.3. The second kappa shape index (κ2) is 6.91. The van der Waals surface area contributed by atoms with Crippen molar-refractivity contribution in [3.63, 3.8) is 0 Å². The van der Waals surface area contributed by atoms with E-state index in [9.17, 15) is 0 Å². The van der Waals surface area contributed by atoms with Gasteiger partial charge in [-0.3, -0.25) is 0 Å². The number of hydrogen-bond acceptors (Lipinski definition) is 4. The van der Waals surface area contributed by atoms with Crippen LogP contribution in [0.15, 0.2) is 42.6 Å². The summed E-state index contributed by atoms with van der Waals surface area (Å²) in [5.74, 6) is 1.49. The maximum atomic E-state index is 5.58. The van der Waals surface area contributed by atoms with Gasteiger partial charge in [-0.1, -0.05) is 12.1 Å². The highest BCUT2D eigenvalue weighted by Gasteiger charge is 2.02. The van der Waals surface area contributed by atoms with Crippen molar-refractivity contribution in [1.29, 1.82) is 0 Å². The van der Waals surface area contributed by atoms with Crippen molar-refractivity contribution in [3.05, 3.63) is 42.6 Å². The van der Waals surface area contributed by atoms with Crippen molar-refractivity contribution in [3.8, 4) is 22.8 Å². The van der Waals surface area contributed by atoms with Crippen LogP contribution in [0.5, 0.6) is 11.6 Å². The van der Waals surface area contributed by atoms with Gasteiger partial charge in [-0.05, 0) is 37.9 Å². The molecule has 0 N–H and O–H groups in total. The van der Waals surface area contributed by atoms with E-state index in [1.807, 2.05) is 56.7 Å². The SMILES string of the molecule is COc1cccc(-c2ccc(OCCN(C)C)nc2)c1. The lowest BCUT2D eigenvalue weighted by atomic mass is 10.1. The van der Waals surface area contributed by atoms with E-state index < -0.39 is 0 Å². The number of rotatable bonds is 6. The van der Waals surface area contributed by atoms with Gasteiger partial charge in [0.05, 0.1) is 7.11 Å². The molecule has 0 aliphatic rings. The molecule has 106 valence electrons. The summed E-state index contributed by atoms with van der Waals surface area (Å²) in [5, 5.41) is 0. The van der Waals surface area contributed by atoms with Crippen LogP contribution in [0.4, 0.5) is 0 Å². The Kier molecular flexibility index (Phi) is 4.96. The monoisotopic (exact) mass is 272 g/mol. The number of benzene rings is 1. The Morgan fingerprint density at radius 1 is 1.10 bits per heavy atom. The summed E-state index contributed by atoms with van der Waals surface area (Å²) in [6.07, 6.45) is 1.82. The van der Waals surface area contributed by atoms with E-state index >= 15 is 0 Å². The van der Waals surface area contributed by atoms with Crippen LogP contribution in [0.3, 0.4) is 0 Å². The van der Waals surface area contributed by atoms with Gasteiger partial charge in [-0.25, -0.2) is 4.98 Å². The molecule has 4 heteroatoms. The maximum Gasteiger partial charge on any atom is 0.213 e. The van der Waals surface area contributed by atoms with Gasteiger partial charge >= 0.3 is 0 Å². The third-order valence-corrected chi connectivity index (χ3v) is 2.93. The van der Waals surface area contributed by atoms with Crippen LogP contribution in [0.25, 0.3) is 11.1 Å². The lowest BCUT2D eigenvalue weighted by Crippen LogP contribution is -2.19. The van der Waals surface area contributed by atoms with Crippen molar-refractivity contribution in [2.45, 2.75) is 0 Å². The van der Waals surface area contributed by atoms with Gasteiger partial charge in [0.2, 0.25) is 5.88 Å². The van der Waals surface area contributed by atoms with E-state index in [2.05, 4.69) is 9.88 Å². The number of methoxy groups -OCH3 is 1. The summed E-state index contributed by atoms with van der Waals surface area (Å²) < 4.78 is 10.8. The molecule has 2 aromatic rings. The Hall–Kier alpha value is -2.07. The minimum Gasteiger partial charge on any atom is -0.497 e. The molecule has 20 heavy (non-hydrogen) atoms. The molecule has 1 aromatic carbocycles. The summed E-state index contributed by atoms with van der Waals surface area (Å²) in [4.78, 5) is 6.40. The van der Waals surface area contributed by atoms with Crippen molar-refractivity contribution >= 4 is 0 Å². The number of pyridine rings is 1. The predicted molar refractivity (Wildman–Crippen MR) is 80.3 cm³/mol. The van der Waals surface area contributed by atoms with Crippen LogP contribution in [0.2, 0.25) is 0 Å². The van der Waals surface area contributed by atoms with Crippen molar-refractivity contribution in [2.24, 2.45) is 0 Å². The van der Waals surface area contributed by atoms with E-state index in [0.29, 0.717) is 12.5 Å². The minimum atomic E-state index is 0.637. The average molecular weight is 272 g/mol. The van der Waals surface area contributed by atoms with E-state index in [4.69, 9.17) is 9.47 Å². The highest BCUT2D eigenvalue weighted by Crippen LogP contribution is 2.24. The zero-order valence-corrected chi connectivity index (χ0v) is 12.2. The van der Waals surface area contributed by atoms with Gasteiger partial charge in [0.25, 0.3) is 0 Å². The van der Waals surface area contributed by atoms with Crippen LogP contribution in [0.1, 0.15) is 0 Å². The second-order valence-electron chi connectivity index (χ2n) is 4.77. The highest BCUT2D eigenvalue weighted by molar-refractivity contribution is 5.64. The third-order valence-electron chi connectivity index (χ3n) is 2.93. The molecular formula is C16H20N2O2. The van der Waals surface area contributed by atoms with Crippen LogP contribution < -0.4 is 9.47 Å². The molecule has 0 aliphatic heterocycles. The fourth-order valence-electron chi connectivity index (χ4n) is 1.77. The maximum absolute atomic E-state index is 5.58. The fourth-order valence-corrected chi connectivity index (χ4v) is 1.77. The molecule has 0 unspecified atom stereocenters. The summed E-state index contributed by atoms with van der Waals surface area (Å²) in [5.41, 5.74) is 2.13. The summed E-state index contributed by atoms with van der Waals surface area (Å²) >= 11 is 0. The molecule has 0 aliphatic carbocycles. The standard InChI is InChI=1S/C16H20N2O2/c1-18(2)9-10-20-16-8-7-14(12-17-16)13-5-4-6-15(11-13)19-3/h4-8,11-12H,9-10H2,1-3H3. The normalized spacial score (nSPS) is 10.6. The molecular weight excluding hydrogens is 252 g/mol. The minimum absolute atomic E-state index is 0.637. The Labute approximate surface area is 120 Å². The van der Waals surface area contributed by atoms with Crippen molar-refractivity contribution in [2.75, 3.05) is 34.4 Å². The Bertz CT molecular complexity index is 538. The molecule has 2 rings (SSSR count). The van der Waals surface area contributed by atoms with Gasteiger partial charge in [-0.2, -0.15) is 0 Å². The number of aromatic nitrogens is 1. The predicted octanol–water partition coefficient (Wildman–Crippen LogP) is 2.70. The Morgan fingerprint density at radius 3 is 2.60 bits per heavy atom. The van der Waals surface area contributed by atoms with E-state index in [1.165, 1.54) is 0 Å². The summed E-state index contributed by atoms with van der Waals surface area (Å²) in [6.45, 7) is 1.51. The zero-order valence-electron chi connectivity index (χ0n) is 12.2. The van der Waals surface area contributed by atoms with E-state index in [1.54, 1.807) is 7.11 Å². The summed E-state index contributed by atoms with van der Waals surface area (Å²) in [7, 11) is 5.70. The zero-order chi connectivity index (χ0) is 14.4. The van der Waals surface area contributed by atoms with Gasteiger partial charge in [0.1, 0.15) is 12.4 Å². The molecule has 0 fully saturated rings. The van der Waals surface area contributed by atoms with Gasteiger partial charge in [0.15, 0.2) is 0 Å². The molecule has 0 atom stereocenters. The van der Waals surface area contributed by atoms with E-state index in [0.717, 1.165) is 23.4 Å². The van der Waals surface area contributed by atoms with Crippen molar-refractivity contribution < 1.29 is 9.47 Å². The molecule has 0 spiro atoms. The van der Waals surface area contributed by atoms with Crippen LogP contribution in [0, 0.1) is 0 Å². The van der Waals surface area contributed by atoms with Crippen LogP contribution in [-0.4, -0.2) is 44.2 Å². The highest BCUT2D eigenvalue weighted by atomic mass is 16.5. The van der Waals surface area contributed by atoms with Crippen LogP contribution >= 0.6 is 0 Å². The summed E-state index contributed by atoms with van der Waals surface area (Å²) in [6, 6.07) is 11.8. The third kappa shape index (κ3) is 3.96. The quantitative estimate of drug-likeness (QED) is 0.810. The largest absolute Gasteiger partial charge is 0.497 e.